The highest BCUT2D eigenvalue weighted by atomic mass is 35.5. The summed E-state index contributed by atoms with van der Waals surface area (Å²) in [7, 11) is 3.95. The van der Waals surface area contributed by atoms with Crippen LogP contribution in [0.2, 0.25) is 5.02 Å². The predicted molar refractivity (Wildman–Crippen MR) is 95.7 cm³/mol. The van der Waals surface area contributed by atoms with Gasteiger partial charge in [-0.1, -0.05) is 11.6 Å². The van der Waals surface area contributed by atoms with Crippen LogP contribution in [-0.4, -0.2) is 71.7 Å². The second-order valence-electron chi connectivity index (χ2n) is 7.03. The van der Waals surface area contributed by atoms with E-state index in [4.69, 9.17) is 21.5 Å². The number of likely N-dealkylation sites (tertiary alicyclic amines) is 1. The number of amides is 1. The van der Waals surface area contributed by atoms with E-state index in [1.807, 2.05) is 14.1 Å². The molecule has 0 aromatic heterocycles. The standard InChI is InChI=1S/C17H22ClFN2O2.CH2O2/c1-20(2)15-5-10-8-21(9-11(10)6-16(15)22)17(23)13-4-3-12(19)7-14(13)18;2-1-3/h3-4,7,10-11,15-16,22H,5-6,8-9H2,1-2H3;1H,(H,2,3)/t10-,11+,15-,16-;/m1./s1. The van der Waals surface area contributed by atoms with Crippen LogP contribution in [0.15, 0.2) is 18.2 Å². The average Bonchev–Trinajstić information content (AvgIpc) is 2.97. The molecule has 0 spiro atoms. The van der Waals surface area contributed by atoms with E-state index < -0.39 is 5.82 Å². The maximum Gasteiger partial charge on any atom is 0.290 e. The zero-order valence-electron chi connectivity index (χ0n) is 14.8. The van der Waals surface area contributed by atoms with E-state index >= 15 is 0 Å². The first-order valence-electron chi connectivity index (χ1n) is 8.45. The molecule has 3 rings (SSSR count). The van der Waals surface area contributed by atoms with Gasteiger partial charge in [0.25, 0.3) is 12.4 Å². The van der Waals surface area contributed by atoms with Crippen LogP contribution in [0.25, 0.3) is 0 Å². The van der Waals surface area contributed by atoms with Gasteiger partial charge in [0.1, 0.15) is 5.82 Å². The molecule has 1 saturated carbocycles. The van der Waals surface area contributed by atoms with E-state index in [2.05, 4.69) is 4.90 Å². The van der Waals surface area contributed by atoms with Crippen molar-refractivity contribution >= 4 is 24.0 Å². The van der Waals surface area contributed by atoms with Crippen LogP contribution in [0.3, 0.4) is 0 Å². The molecule has 1 heterocycles. The monoisotopic (exact) mass is 386 g/mol. The van der Waals surface area contributed by atoms with Gasteiger partial charge < -0.3 is 20.0 Å². The summed E-state index contributed by atoms with van der Waals surface area (Å²) in [5, 5.41) is 17.3. The number of carboxylic acid groups (broad SMARTS) is 1. The fourth-order valence-corrected chi connectivity index (χ4v) is 4.21. The van der Waals surface area contributed by atoms with Gasteiger partial charge in [0, 0.05) is 19.1 Å². The maximum atomic E-state index is 13.1. The largest absolute Gasteiger partial charge is 0.483 e. The second-order valence-corrected chi connectivity index (χ2v) is 7.44. The molecule has 1 saturated heterocycles. The Morgan fingerprint density at radius 3 is 2.42 bits per heavy atom. The van der Waals surface area contributed by atoms with Gasteiger partial charge in [-0.25, -0.2) is 4.39 Å². The summed E-state index contributed by atoms with van der Waals surface area (Å²) in [4.78, 5) is 24.9. The molecular weight excluding hydrogens is 363 g/mol. The van der Waals surface area contributed by atoms with Crippen molar-refractivity contribution < 1.29 is 24.2 Å². The molecule has 0 bridgehead atoms. The highest BCUT2D eigenvalue weighted by molar-refractivity contribution is 6.33. The van der Waals surface area contributed by atoms with Crippen molar-refractivity contribution in [1.29, 1.82) is 0 Å². The lowest BCUT2D eigenvalue weighted by Crippen LogP contribution is -2.46. The van der Waals surface area contributed by atoms with E-state index in [-0.39, 0.29) is 29.5 Å². The van der Waals surface area contributed by atoms with Crippen molar-refractivity contribution in [2.24, 2.45) is 11.8 Å². The summed E-state index contributed by atoms with van der Waals surface area (Å²) < 4.78 is 13.1. The van der Waals surface area contributed by atoms with Crippen LogP contribution < -0.4 is 0 Å². The van der Waals surface area contributed by atoms with Crippen LogP contribution in [-0.2, 0) is 4.79 Å². The zero-order valence-corrected chi connectivity index (χ0v) is 15.6. The van der Waals surface area contributed by atoms with Gasteiger partial charge in [0.15, 0.2) is 0 Å². The van der Waals surface area contributed by atoms with E-state index in [9.17, 15) is 14.3 Å². The van der Waals surface area contributed by atoms with Crippen LogP contribution >= 0.6 is 11.6 Å². The lowest BCUT2D eigenvalue weighted by molar-refractivity contribution is -0.122. The molecule has 26 heavy (non-hydrogen) atoms. The number of nitrogens with zero attached hydrogens (tertiary/aromatic N) is 2. The van der Waals surface area contributed by atoms with Crippen LogP contribution in [0, 0.1) is 17.7 Å². The molecule has 4 atom stereocenters. The Morgan fingerprint density at radius 1 is 1.31 bits per heavy atom. The van der Waals surface area contributed by atoms with Crippen molar-refractivity contribution in [1.82, 2.24) is 9.80 Å². The van der Waals surface area contributed by atoms with Gasteiger partial charge in [0.2, 0.25) is 0 Å². The van der Waals surface area contributed by atoms with Crippen molar-refractivity contribution in [3.63, 3.8) is 0 Å². The van der Waals surface area contributed by atoms with Crippen molar-refractivity contribution in [2.75, 3.05) is 27.2 Å². The van der Waals surface area contributed by atoms with Crippen molar-refractivity contribution in [3.05, 3.63) is 34.6 Å². The van der Waals surface area contributed by atoms with Crippen molar-refractivity contribution in [3.8, 4) is 0 Å². The minimum Gasteiger partial charge on any atom is -0.483 e. The first kappa shape index (κ1) is 20.6. The highest BCUT2D eigenvalue weighted by Gasteiger charge is 2.43. The van der Waals surface area contributed by atoms with Gasteiger partial charge >= 0.3 is 0 Å². The Morgan fingerprint density at radius 2 is 1.88 bits per heavy atom. The van der Waals surface area contributed by atoms with Gasteiger partial charge in [-0.3, -0.25) is 9.59 Å². The molecule has 144 valence electrons. The number of benzene rings is 1. The van der Waals surface area contributed by atoms with Gasteiger partial charge in [-0.2, -0.15) is 0 Å². The Bertz CT molecular complexity index is 658. The molecule has 1 aliphatic carbocycles. The zero-order chi connectivity index (χ0) is 19.4. The number of aliphatic hydroxyl groups is 1. The summed E-state index contributed by atoms with van der Waals surface area (Å²) in [6.45, 7) is 1.06. The SMILES string of the molecule is CN(C)[C@@H]1C[C@@H]2CN(C(=O)c3ccc(F)cc3Cl)C[C@@H]2C[C@H]1O.O=CO. The number of carbonyl (C=O) groups excluding carboxylic acids is 1. The Labute approximate surface area is 157 Å². The predicted octanol–water partition coefficient (Wildman–Crippen LogP) is 1.95. The van der Waals surface area contributed by atoms with Gasteiger partial charge in [-0.15, -0.1) is 0 Å². The number of halogens is 2. The third kappa shape index (κ3) is 4.52. The summed E-state index contributed by atoms with van der Waals surface area (Å²) >= 11 is 6.01. The van der Waals surface area contributed by atoms with Gasteiger partial charge in [-0.05, 0) is 57.0 Å². The second kappa shape index (κ2) is 8.79. The fourth-order valence-electron chi connectivity index (χ4n) is 3.96. The quantitative estimate of drug-likeness (QED) is 0.759. The third-order valence-corrected chi connectivity index (χ3v) is 5.53. The molecule has 1 aromatic carbocycles. The number of carbonyl (C=O) groups is 2. The fraction of sp³-hybridized carbons (Fsp3) is 0.556. The molecule has 1 amide bonds. The molecule has 1 aromatic rings. The highest BCUT2D eigenvalue weighted by Crippen LogP contribution is 2.38. The van der Waals surface area contributed by atoms with Crippen molar-refractivity contribution in [2.45, 2.75) is 25.0 Å². The minimum atomic E-state index is -0.446. The lowest BCUT2D eigenvalue weighted by Gasteiger charge is -2.38. The molecule has 2 N–H and O–H groups in total. The summed E-state index contributed by atoms with van der Waals surface area (Å²) in [6.07, 6.45) is 1.25. The van der Waals surface area contributed by atoms with E-state index in [0.717, 1.165) is 6.42 Å². The Hall–Kier alpha value is -1.70. The number of fused-ring (bicyclic) bond motifs is 1. The maximum absolute atomic E-state index is 13.1. The number of hydrogen-bond acceptors (Lipinski definition) is 4. The third-order valence-electron chi connectivity index (χ3n) is 5.22. The summed E-state index contributed by atoms with van der Waals surface area (Å²) in [5.41, 5.74) is 0.344. The Kier molecular flexibility index (Phi) is 6.97. The number of hydrogen-bond donors (Lipinski definition) is 2. The molecule has 2 aliphatic rings. The summed E-state index contributed by atoms with van der Waals surface area (Å²) in [5.74, 6) is 0.122. The van der Waals surface area contributed by atoms with E-state index in [1.54, 1.807) is 4.90 Å². The molecule has 0 radical (unpaired) electrons. The van der Waals surface area contributed by atoms with E-state index in [0.29, 0.717) is 36.9 Å². The lowest BCUT2D eigenvalue weighted by atomic mass is 9.77. The van der Waals surface area contributed by atoms with Crippen LogP contribution in [0.1, 0.15) is 23.2 Å². The number of rotatable bonds is 2. The average molecular weight is 387 g/mol. The van der Waals surface area contributed by atoms with Gasteiger partial charge in [0.05, 0.1) is 16.7 Å². The number of likely N-dealkylation sites (N-methyl/N-ethyl adjacent to an activating group) is 1. The molecule has 6 nitrogen and oxygen atoms in total. The topological polar surface area (TPSA) is 81.1 Å². The molecule has 0 unspecified atom stereocenters. The summed E-state index contributed by atoms with van der Waals surface area (Å²) in [6, 6.07) is 4.01. The molecule has 2 fully saturated rings. The van der Waals surface area contributed by atoms with Crippen LogP contribution in [0.4, 0.5) is 4.39 Å². The first-order valence-corrected chi connectivity index (χ1v) is 8.83. The number of aliphatic hydroxyl groups excluding tert-OH is 1. The molecule has 1 aliphatic heterocycles. The smallest absolute Gasteiger partial charge is 0.290 e. The first-order chi connectivity index (χ1) is 12.3. The van der Waals surface area contributed by atoms with E-state index in [1.165, 1.54) is 18.2 Å². The van der Waals surface area contributed by atoms with Crippen LogP contribution in [0.5, 0.6) is 0 Å². The normalized spacial score (nSPS) is 27.5. The molecular formula is C18H24ClFN2O4. The Balaban J connectivity index is 0.000000758. The minimum absolute atomic E-state index is 0.140. The molecule has 8 heteroatoms.